The molecule has 0 saturated carbocycles. The van der Waals surface area contributed by atoms with Gasteiger partial charge in [-0.2, -0.15) is 0 Å². The molecule has 0 saturated heterocycles. The van der Waals surface area contributed by atoms with Gasteiger partial charge in [0.05, 0.1) is 6.61 Å². The summed E-state index contributed by atoms with van der Waals surface area (Å²) >= 11 is 4.14. The van der Waals surface area contributed by atoms with Crippen molar-refractivity contribution in [3.8, 4) is 0 Å². The maximum Gasteiger partial charge on any atom is 0.389 e. The summed E-state index contributed by atoms with van der Waals surface area (Å²) in [6, 6.07) is 0. The second-order valence-corrected chi connectivity index (χ2v) is 11.2. The molecule has 0 rings (SSSR count). The van der Waals surface area contributed by atoms with Gasteiger partial charge >= 0.3 is 18.7 Å². The van der Waals surface area contributed by atoms with Gasteiger partial charge in [0.25, 0.3) is 0 Å². The second kappa shape index (κ2) is 17.8. The zero-order chi connectivity index (χ0) is 21.3. The van der Waals surface area contributed by atoms with Gasteiger partial charge in [0.2, 0.25) is 0 Å². The zero-order valence-corrected chi connectivity index (χ0v) is 20.5. The number of hydrogen-bond donors (Lipinski definition) is 0. The van der Waals surface area contributed by atoms with Crippen LogP contribution in [0.2, 0.25) is 0 Å². The highest BCUT2D eigenvalue weighted by Crippen LogP contribution is 2.60. The molecule has 0 fully saturated rings. The Hall–Kier alpha value is -0.0800. The van der Waals surface area contributed by atoms with Crippen LogP contribution >= 0.6 is 34.1 Å². The summed E-state index contributed by atoms with van der Waals surface area (Å²) in [5, 5.41) is 0.520. The Kier molecular flexibility index (Phi) is 17.7. The minimum absolute atomic E-state index is 0.0698. The van der Waals surface area contributed by atoms with Crippen molar-refractivity contribution in [2.45, 2.75) is 71.3 Å². The Labute approximate surface area is 181 Å². The van der Waals surface area contributed by atoms with Crippen LogP contribution in [0, 0.1) is 0 Å². The van der Waals surface area contributed by atoms with E-state index in [-0.39, 0.29) is 30.9 Å². The smallest absolute Gasteiger partial charge is 0.389 e. The van der Waals surface area contributed by atoms with Crippen molar-refractivity contribution in [2.75, 3.05) is 31.4 Å². The molecule has 0 aliphatic heterocycles. The molecule has 0 aliphatic carbocycles. The summed E-state index contributed by atoms with van der Waals surface area (Å²) in [6.45, 7) is 0.915. The number of esters is 2. The summed E-state index contributed by atoms with van der Waals surface area (Å²) in [6.07, 6.45) is 5.38. The number of rotatable bonds is 18. The molecule has 1 unspecified atom stereocenters. The first kappa shape index (κ1) is 27.9. The first-order valence-electron chi connectivity index (χ1n) is 9.76. The highest BCUT2D eigenvalue weighted by atomic mass is 79.9. The first-order chi connectivity index (χ1) is 13.4. The van der Waals surface area contributed by atoms with Gasteiger partial charge in [-0.25, -0.2) is 4.57 Å². The lowest BCUT2D eigenvalue weighted by molar-refractivity contribution is -0.157. The molecule has 0 aromatic heterocycles. The van der Waals surface area contributed by atoms with Gasteiger partial charge in [0.15, 0.2) is 0 Å². The van der Waals surface area contributed by atoms with Crippen LogP contribution in [0.5, 0.6) is 0 Å². The van der Waals surface area contributed by atoms with Crippen molar-refractivity contribution >= 4 is 46.0 Å². The van der Waals surface area contributed by atoms with Crippen molar-refractivity contribution in [1.29, 1.82) is 0 Å². The van der Waals surface area contributed by atoms with E-state index in [1.807, 2.05) is 0 Å². The van der Waals surface area contributed by atoms with Gasteiger partial charge in [0, 0.05) is 31.0 Å². The molecule has 7 nitrogen and oxygen atoms in total. The quantitative estimate of drug-likeness (QED) is 0.104. The maximum absolute atomic E-state index is 12.5. The number of ether oxygens (including phenoxy) is 2. The van der Waals surface area contributed by atoms with Crippen LogP contribution in [0.25, 0.3) is 0 Å². The molecule has 10 heteroatoms. The Morgan fingerprint density at radius 1 is 1.04 bits per heavy atom. The van der Waals surface area contributed by atoms with Crippen LogP contribution < -0.4 is 0 Å². The normalized spacial score (nSPS) is 14.3. The lowest BCUT2D eigenvalue weighted by atomic mass is 10.2. The van der Waals surface area contributed by atoms with Crippen molar-refractivity contribution in [2.24, 2.45) is 0 Å². The second-order valence-electron chi connectivity index (χ2n) is 6.16. The highest BCUT2D eigenvalue weighted by Gasteiger charge is 2.28. The summed E-state index contributed by atoms with van der Waals surface area (Å²) in [4.78, 5) is 23.9. The summed E-state index contributed by atoms with van der Waals surface area (Å²) < 4.78 is 33.4. The van der Waals surface area contributed by atoms with Crippen molar-refractivity contribution in [3.63, 3.8) is 0 Å². The summed E-state index contributed by atoms with van der Waals surface area (Å²) in [7, 11) is 1.31. The van der Waals surface area contributed by atoms with Crippen LogP contribution in [0.15, 0.2) is 0 Å². The van der Waals surface area contributed by atoms with Crippen LogP contribution in [-0.4, -0.2) is 49.4 Å². The maximum atomic E-state index is 12.5. The molecule has 0 aromatic rings. The standard InChI is InChI=1S/C18H34BrO7PS/c1-4-6-8-10-17(20)24-14-16(26-18(21)11-9-7-5-2)15-28-27(22,23-3)25-13-12-19/h16H,4-15H2,1-3H3/t16-,27?/m1/s1. The molecule has 0 amide bonds. The Bertz CT molecular complexity index is 479. The minimum atomic E-state index is -3.35. The number of unbranched alkanes of at least 4 members (excludes halogenated alkanes) is 4. The molecule has 2 atom stereocenters. The van der Waals surface area contributed by atoms with Gasteiger partial charge in [-0.05, 0) is 24.2 Å². The predicted octanol–water partition coefficient (Wildman–Crippen LogP) is 5.50. The Balaban J connectivity index is 4.66. The third-order valence-electron chi connectivity index (χ3n) is 3.67. The summed E-state index contributed by atoms with van der Waals surface area (Å²) in [5.74, 6) is -0.527. The average Bonchev–Trinajstić information content (AvgIpc) is 2.69. The van der Waals surface area contributed by atoms with E-state index in [0.717, 1.165) is 49.9 Å². The first-order valence-corrected chi connectivity index (χ1v) is 14.0. The Morgan fingerprint density at radius 3 is 2.18 bits per heavy atom. The number of hydrogen-bond acceptors (Lipinski definition) is 8. The fourth-order valence-corrected chi connectivity index (χ4v) is 5.46. The molecule has 0 aromatic carbocycles. The average molecular weight is 505 g/mol. The van der Waals surface area contributed by atoms with Crippen LogP contribution in [0.3, 0.4) is 0 Å². The molecule has 28 heavy (non-hydrogen) atoms. The molecule has 0 radical (unpaired) electrons. The lowest BCUT2D eigenvalue weighted by Gasteiger charge is -2.20. The zero-order valence-electron chi connectivity index (χ0n) is 17.2. The van der Waals surface area contributed by atoms with Gasteiger partial charge < -0.3 is 14.0 Å². The largest absolute Gasteiger partial charge is 0.462 e. The van der Waals surface area contributed by atoms with E-state index in [1.165, 1.54) is 7.11 Å². The van der Waals surface area contributed by atoms with Crippen LogP contribution in [0.1, 0.15) is 65.2 Å². The fourth-order valence-electron chi connectivity index (χ4n) is 2.12. The summed E-state index contributed by atoms with van der Waals surface area (Å²) in [5.41, 5.74) is 0. The SMILES string of the molecule is CCCCCC(=O)OC[C@H](CSP(=O)(OC)OCCBr)OC(=O)CCCCC. The lowest BCUT2D eigenvalue weighted by Crippen LogP contribution is -2.27. The van der Waals surface area contributed by atoms with E-state index < -0.39 is 12.9 Å². The van der Waals surface area contributed by atoms with E-state index in [0.29, 0.717) is 18.2 Å². The van der Waals surface area contributed by atoms with Gasteiger partial charge in [-0.1, -0.05) is 55.5 Å². The van der Waals surface area contributed by atoms with Crippen molar-refractivity contribution in [1.82, 2.24) is 0 Å². The Morgan fingerprint density at radius 2 is 1.64 bits per heavy atom. The molecule has 0 aliphatic rings. The number of alkyl halides is 1. The molecule has 0 N–H and O–H groups in total. The molecule has 0 bridgehead atoms. The monoisotopic (exact) mass is 504 g/mol. The topological polar surface area (TPSA) is 88.1 Å². The number of carbonyl (C=O) groups excluding carboxylic acids is 2. The number of halogens is 1. The van der Waals surface area contributed by atoms with Crippen molar-refractivity contribution in [3.05, 3.63) is 0 Å². The van der Waals surface area contributed by atoms with Gasteiger partial charge in [-0.3, -0.25) is 14.1 Å². The van der Waals surface area contributed by atoms with Gasteiger partial charge in [0.1, 0.15) is 12.7 Å². The molecular formula is C18H34BrO7PS. The molecule has 0 heterocycles. The highest BCUT2D eigenvalue weighted by molar-refractivity contribution is 9.09. The van der Waals surface area contributed by atoms with Crippen LogP contribution in [0.4, 0.5) is 0 Å². The fraction of sp³-hybridized carbons (Fsp3) is 0.889. The van der Waals surface area contributed by atoms with E-state index in [2.05, 4.69) is 29.8 Å². The molecule has 0 spiro atoms. The van der Waals surface area contributed by atoms with Gasteiger partial charge in [-0.15, -0.1) is 0 Å². The van der Waals surface area contributed by atoms with Crippen LogP contribution in [-0.2, 0) is 32.7 Å². The molecular weight excluding hydrogens is 471 g/mol. The van der Waals surface area contributed by atoms with Crippen molar-refractivity contribution < 1.29 is 32.7 Å². The van der Waals surface area contributed by atoms with E-state index >= 15 is 0 Å². The van der Waals surface area contributed by atoms with E-state index in [1.54, 1.807) is 0 Å². The number of carbonyl (C=O) groups is 2. The predicted molar refractivity (Wildman–Crippen MR) is 116 cm³/mol. The minimum Gasteiger partial charge on any atom is -0.462 e. The third-order valence-corrected chi connectivity index (χ3v) is 7.93. The molecule has 166 valence electrons. The third kappa shape index (κ3) is 14.9. The van der Waals surface area contributed by atoms with E-state index in [9.17, 15) is 14.2 Å². The van der Waals surface area contributed by atoms with E-state index in [4.69, 9.17) is 18.5 Å².